The molecule has 2 heterocycles. The number of aromatic nitrogens is 2. The number of hydrogen-bond donors (Lipinski definition) is 1. The van der Waals surface area contributed by atoms with Gasteiger partial charge in [-0.25, -0.2) is 0 Å². The maximum Gasteiger partial charge on any atom is 0.219 e. The first-order valence-electron chi connectivity index (χ1n) is 6.30. The molecule has 1 N–H and O–H groups in total. The monoisotopic (exact) mass is 254 g/mol. The minimum atomic E-state index is 0.135. The topological polar surface area (TPSA) is 61.5 Å². The Morgan fingerprint density at radius 3 is 2.44 bits per heavy atom. The predicted molar refractivity (Wildman–Crippen MR) is 71.0 cm³/mol. The maximum absolute atomic E-state index is 11.2. The molecule has 0 radical (unpaired) electrons. The fraction of sp³-hybridized carbons (Fsp3) is 0.667. The Balaban J connectivity index is 0.000000771. The second kappa shape index (κ2) is 6.88. The van der Waals surface area contributed by atoms with E-state index in [1.165, 1.54) is 0 Å². The maximum atomic E-state index is 11.2. The largest absolute Gasteiger partial charge is 0.491 e. The SMILES string of the molecule is CC.COc1cn[nH]c1N1CCN(C(C)=O)CC1. The van der Waals surface area contributed by atoms with Crippen molar-refractivity contribution < 1.29 is 9.53 Å². The van der Waals surface area contributed by atoms with Gasteiger partial charge in [0, 0.05) is 33.1 Å². The number of ether oxygens (including phenoxy) is 1. The highest BCUT2D eigenvalue weighted by atomic mass is 16.5. The van der Waals surface area contributed by atoms with Crippen molar-refractivity contribution in [3.05, 3.63) is 6.20 Å². The third kappa shape index (κ3) is 3.15. The van der Waals surface area contributed by atoms with Gasteiger partial charge in [0.05, 0.1) is 13.3 Å². The number of aromatic amines is 1. The smallest absolute Gasteiger partial charge is 0.219 e. The van der Waals surface area contributed by atoms with Gasteiger partial charge in [0.15, 0.2) is 11.6 Å². The molecule has 0 unspecified atom stereocenters. The average molecular weight is 254 g/mol. The van der Waals surface area contributed by atoms with Crippen LogP contribution in [0.1, 0.15) is 20.8 Å². The minimum Gasteiger partial charge on any atom is -0.491 e. The fourth-order valence-electron chi connectivity index (χ4n) is 1.89. The highest BCUT2D eigenvalue weighted by Crippen LogP contribution is 2.25. The average Bonchev–Trinajstić information content (AvgIpc) is 2.89. The van der Waals surface area contributed by atoms with Gasteiger partial charge in [0.25, 0.3) is 0 Å². The van der Waals surface area contributed by atoms with Crippen LogP contribution in [0.25, 0.3) is 0 Å². The standard InChI is InChI=1S/C10H16N4O2.C2H6/c1-8(15)13-3-5-14(6-4-13)10-9(16-2)7-11-12-10;1-2/h7H,3-6H2,1-2H3,(H,11,12);1-2H3. The first kappa shape index (κ1) is 14.3. The van der Waals surface area contributed by atoms with Crippen LogP contribution < -0.4 is 9.64 Å². The summed E-state index contributed by atoms with van der Waals surface area (Å²) in [4.78, 5) is 15.2. The van der Waals surface area contributed by atoms with E-state index in [1.807, 2.05) is 18.7 Å². The number of amides is 1. The third-order valence-corrected chi connectivity index (χ3v) is 2.85. The summed E-state index contributed by atoms with van der Waals surface area (Å²) in [6.45, 7) is 8.71. The van der Waals surface area contributed by atoms with Crippen molar-refractivity contribution >= 4 is 11.7 Å². The van der Waals surface area contributed by atoms with Crippen LogP contribution in [0.5, 0.6) is 5.75 Å². The molecule has 1 saturated heterocycles. The number of piperazine rings is 1. The summed E-state index contributed by atoms with van der Waals surface area (Å²) in [5.41, 5.74) is 0. The molecule has 6 nitrogen and oxygen atoms in total. The lowest BCUT2D eigenvalue weighted by Crippen LogP contribution is -2.48. The summed E-state index contributed by atoms with van der Waals surface area (Å²) >= 11 is 0. The summed E-state index contributed by atoms with van der Waals surface area (Å²) in [6.07, 6.45) is 1.66. The quantitative estimate of drug-likeness (QED) is 0.859. The molecule has 0 saturated carbocycles. The number of carbonyl (C=O) groups is 1. The zero-order valence-electron chi connectivity index (χ0n) is 11.6. The van der Waals surface area contributed by atoms with Gasteiger partial charge < -0.3 is 14.5 Å². The Morgan fingerprint density at radius 2 is 1.94 bits per heavy atom. The number of nitrogens with zero attached hydrogens (tertiary/aromatic N) is 3. The molecule has 1 amide bonds. The lowest BCUT2D eigenvalue weighted by molar-refractivity contribution is -0.129. The van der Waals surface area contributed by atoms with E-state index >= 15 is 0 Å². The molecular formula is C12H22N4O2. The van der Waals surface area contributed by atoms with Crippen molar-refractivity contribution in [3.8, 4) is 5.75 Å². The molecule has 18 heavy (non-hydrogen) atoms. The summed E-state index contributed by atoms with van der Waals surface area (Å²) in [5, 5.41) is 6.87. The van der Waals surface area contributed by atoms with Gasteiger partial charge in [0.2, 0.25) is 5.91 Å². The van der Waals surface area contributed by atoms with Crippen LogP contribution >= 0.6 is 0 Å². The van der Waals surface area contributed by atoms with Crippen molar-refractivity contribution in [2.45, 2.75) is 20.8 Å². The lowest BCUT2D eigenvalue weighted by atomic mass is 10.3. The first-order valence-corrected chi connectivity index (χ1v) is 6.30. The van der Waals surface area contributed by atoms with Crippen molar-refractivity contribution in [1.82, 2.24) is 15.1 Å². The van der Waals surface area contributed by atoms with Crippen molar-refractivity contribution in [2.24, 2.45) is 0 Å². The van der Waals surface area contributed by atoms with E-state index in [0.717, 1.165) is 37.7 Å². The van der Waals surface area contributed by atoms with Crippen LogP contribution in [0.2, 0.25) is 0 Å². The van der Waals surface area contributed by atoms with E-state index in [-0.39, 0.29) is 5.91 Å². The number of hydrogen-bond acceptors (Lipinski definition) is 4. The van der Waals surface area contributed by atoms with E-state index in [9.17, 15) is 4.79 Å². The second-order valence-electron chi connectivity index (χ2n) is 3.78. The van der Waals surface area contributed by atoms with Crippen molar-refractivity contribution in [3.63, 3.8) is 0 Å². The van der Waals surface area contributed by atoms with E-state index in [2.05, 4.69) is 15.1 Å². The number of H-pyrrole nitrogens is 1. The van der Waals surface area contributed by atoms with Crippen molar-refractivity contribution in [2.75, 3.05) is 38.2 Å². The highest BCUT2D eigenvalue weighted by molar-refractivity contribution is 5.73. The molecule has 2 rings (SSSR count). The number of methoxy groups -OCH3 is 1. The Labute approximate surface area is 108 Å². The van der Waals surface area contributed by atoms with Gasteiger partial charge >= 0.3 is 0 Å². The molecule has 0 bridgehead atoms. The zero-order chi connectivity index (χ0) is 13.5. The summed E-state index contributed by atoms with van der Waals surface area (Å²) in [5.74, 6) is 1.78. The molecule has 0 aromatic carbocycles. The van der Waals surface area contributed by atoms with Crippen LogP contribution in [-0.4, -0.2) is 54.3 Å². The molecular weight excluding hydrogens is 232 g/mol. The zero-order valence-corrected chi connectivity index (χ0v) is 11.6. The first-order chi connectivity index (χ1) is 8.72. The van der Waals surface area contributed by atoms with Crippen LogP contribution in [0, 0.1) is 0 Å². The summed E-state index contributed by atoms with van der Waals surface area (Å²) < 4.78 is 5.20. The van der Waals surface area contributed by atoms with Gasteiger partial charge in [0.1, 0.15) is 0 Å². The Morgan fingerprint density at radius 1 is 1.33 bits per heavy atom. The fourth-order valence-corrected chi connectivity index (χ4v) is 1.89. The molecule has 1 aliphatic heterocycles. The summed E-state index contributed by atoms with van der Waals surface area (Å²) in [6, 6.07) is 0. The third-order valence-electron chi connectivity index (χ3n) is 2.85. The molecule has 0 atom stereocenters. The Hall–Kier alpha value is -1.72. The molecule has 1 aromatic heterocycles. The number of rotatable bonds is 2. The van der Waals surface area contributed by atoms with Gasteiger partial charge in [-0.1, -0.05) is 13.8 Å². The number of anilines is 1. The Bertz CT molecular complexity index is 370. The molecule has 6 heteroatoms. The van der Waals surface area contributed by atoms with Gasteiger partial charge in [-0.2, -0.15) is 5.10 Å². The number of nitrogens with one attached hydrogen (secondary N) is 1. The predicted octanol–water partition coefficient (Wildman–Crippen LogP) is 1.11. The lowest BCUT2D eigenvalue weighted by Gasteiger charge is -2.34. The van der Waals surface area contributed by atoms with E-state index in [4.69, 9.17) is 4.74 Å². The molecule has 1 fully saturated rings. The van der Waals surface area contributed by atoms with Crippen LogP contribution in [-0.2, 0) is 4.79 Å². The van der Waals surface area contributed by atoms with Crippen molar-refractivity contribution in [1.29, 1.82) is 0 Å². The van der Waals surface area contributed by atoms with Crippen LogP contribution in [0.3, 0.4) is 0 Å². The number of carbonyl (C=O) groups excluding carboxylic acids is 1. The van der Waals surface area contributed by atoms with E-state index in [0.29, 0.717) is 0 Å². The Kier molecular flexibility index (Phi) is 5.48. The molecule has 0 aliphatic carbocycles. The molecule has 0 spiro atoms. The second-order valence-corrected chi connectivity index (χ2v) is 3.78. The van der Waals surface area contributed by atoms with Crippen LogP contribution in [0.15, 0.2) is 6.20 Å². The van der Waals surface area contributed by atoms with E-state index < -0.39 is 0 Å². The van der Waals surface area contributed by atoms with Gasteiger partial charge in [-0.3, -0.25) is 9.89 Å². The molecule has 102 valence electrons. The van der Waals surface area contributed by atoms with Gasteiger partial charge in [-0.15, -0.1) is 0 Å². The normalized spacial score (nSPS) is 14.9. The van der Waals surface area contributed by atoms with E-state index in [1.54, 1.807) is 20.2 Å². The molecule has 1 aromatic rings. The highest BCUT2D eigenvalue weighted by Gasteiger charge is 2.21. The minimum absolute atomic E-state index is 0.135. The van der Waals surface area contributed by atoms with Gasteiger partial charge in [-0.05, 0) is 0 Å². The van der Waals surface area contributed by atoms with Crippen LogP contribution in [0.4, 0.5) is 5.82 Å². The molecule has 1 aliphatic rings. The summed E-state index contributed by atoms with van der Waals surface area (Å²) in [7, 11) is 1.63.